The van der Waals surface area contributed by atoms with Crippen LogP contribution in [0.5, 0.6) is 5.75 Å². The van der Waals surface area contributed by atoms with Crippen molar-refractivity contribution in [1.82, 2.24) is 10.6 Å². The van der Waals surface area contributed by atoms with Crippen LogP contribution < -0.4 is 15.4 Å². The number of methoxy groups -OCH3 is 1. The van der Waals surface area contributed by atoms with Gasteiger partial charge in [0.1, 0.15) is 5.75 Å². The third kappa shape index (κ3) is 5.76. The SMILES string of the molecule is CCCCNC(=O)C1CCC(C(=O)NCc2ccccc2OC)CC1. The first-order valence-electron chi connectivity index (χ1n) is 9.33. The Balaban J connectivity index is 1.74. The Morgan fingerprint density at radius 3 is 2.24 bits per heavy atom. The number of carbonyl (C=O) groups excluding carboxylic acids is 2. The molecule has 1 aliphatic rings. The molecule has 0 bridgehead atoms. The summed E-state index contributed by atoms with van der Waals surface area (Å²) in [6.07, 6.45) is 5.26. The van der Waals surface area contributed by atoms with Gasteiger partial charge in [0.25, 0.3) is 0 Å². The molecule has 0 aromatic heterocycles. The summed E-state index contributed by atoms with van der Waals surface area (Å²) >= 11 is 0. The van der Waals surface area contributed by atoms with Crippen LogP contribution in [0.1, 0.15) is 51.0 Å². The molecule has 0 saturated heterocycles. The van der Waals surface area contributed by atoms with Gasteiger partial charge < -0.3 is 15.4 Å². The lowest BCUT2D eigenvalue weighted by atomic mass is 9.81. The summed E-state index contributed by atoms with van der Waals surface area (Å²) in [5.41, 5.74) is 0.974. The summed E-state index contributed by atoms with van der Waals surface area (Å²) in [5.74, 6) is 1.09. The predicted octanol–water partition coefficient (Wildman–Crippen LogP) is 3.03. The van der Waals surface area contributed by atoms with Crippen LogP contribution >= 0.6 is 0 Å². The molecule has 0 aliphatic heterocycles. The van der Waals surface area contributed by atoms with Crippen molar-refractivity contribution < 1.29 is 14.3 Å². The van der Waals surface area contributed by atoms with Gasteiger partial charge in [-0.3, -0.25) is 9.59 Å². The van der Waals surface area contributed by atoms with Gasteiger partial charge >= 0.3 is 0 Å². The smallest absolute Gasteiger partial charge is 0.223 e. The maximum Gasteiger partial charge on any atom is 0.223 e. The quantitative estimate of drug-likeness (QED) is 0.711. The highest BCUT2D eigenvalue weighted by Gasteiger charge is 2.29. The zero-order chi connectivity index (χ0) is 18.1. The second kappa shape index (κ2) is 10.1. The van der Waals surface area contributed by atoms with E-state index < -0.39 is 0 Å². The minimum Gasteiger partial charge on any atom is -0.496 e. The first-order valence-corrected chi connectivity index (χ1v) is 9.33. The van der Waals surface area contributed by atoms with E-state index in [4.69, 9.17) is 4.74 Å². The summed E-state index contributed by atoms with van der Waals surface area (Å²) in [6, 6.07) is 7.70. The molecule has 0 atom stereocenters. The number of unbranched alkanes of at least 4 members (excludes halogenated alkanes) is 1. The Bertz CT molecular complexity index is 566. The summed E-state index contributed by atoms with van der Waals surface area (Å²) in [7, 11) is 1.63. The van der Waals surface area contributed by atoms with Gasteiger partial charge in [0.05, 0.1) is 7.11 Å². The molecule has 0 unspecified atom stereocenters. The fraction of sp³-hybridized carbons (Fsp3) is 0.600. The Morgan fingerprint density at radius 1 is 1.04 bits per heavy atom. The molecule has 1 aromatic carbocycles. The van der Waals surface area contributed by atoms with E-state index in [1.165, 1.54) is 0 Å². The highest BCUT2D eigenvalue weighted by Crippen LogP contribution is 2.29. The second-order valence-corrected chi connectivity index (χ2v) is 6.72. The number of carbonyl (C=O) groups is 2. The average molecular weight is 346 g/mol. The maximum atomic E-state index is 12.4. The van der Waals surface area contributed by atoms with Gasteiger partial charge in [0.15, 0.2) is 0 Å². The fourth-order valence-electron chi connectivity index (χ4n) is 3.33. The van der Waals surface area contributed by atoms with E-state index in [1.54, 1.807) is 7.11 Å². The van der Waals surface area contributed by atoms with Crippen LogP contribution in [-0.4, -0.2) is 25.5 Å². The lowest BCUT2D eigenvalue weighted by molar-refractivity contribution is -0.130. The van der Waals surface area contributed by atoms with Crippen molar-refractivity contribution in [2.45, 2.75) is 52.0 Å². The van der Waals surface area contributed by atoms with Gasteiger partial charge in [-0.1, -0.05) is 31.5 Å². The Morgan fingerprint density at radius 2 is 1.64 bits per heavy atom. The molecular weight excluding hydrogens is 316 g/mol. The van der Waals surface area contributed by atoms with E-state index >= 15 is 0 Å². The number of rotatable bonds is 8. The molecule has 2 rings (SSSR count). The minimum absolute atomic E-state index is 0.00870. The normalized spacial score (nSPS) is 19.9. The fourth-order valence-corrected chi connectivity index (χ4v) is 3.33. The van der Waals surface area contributed by atoms with Crippen molar-refractivity contribution in [3.8, 4) is 5.75 Å². The summed E-state index contributed by atoms with van der Waals surface area (Å²) < 4.78 is 5.31. The molecule has 1 aromatic rings. The van der Waals surface area contributed by atoms with Crippen molar-refractivity contribution >= 4 is 11.8 Å². The van der Waals surface area contributed by atoms with Crippen molar-refractivity contribution in [3.05, 3.63) is 29.8 Å². The van der Waals surface area contributed by atoms with Gasteiger partial charge in [-0.15, -0.1) is 0 Å². The van der Waals surface area contributed by atoms with E-state index in [0.717, 1.165) is 56.4 Å². The first kappa shape index (κ1) is 19.3. The first-order chi connectivity index (χ1) is 12.2. The van der Waals surface area contributed by atoms with Gasteiger partial charge in [0, 0.05) is 30.5 Å². The molecule has 1 fully saturated rings. The van der Waals surface area contributed by atoms with Crippen LogP contribution in [0.25, 0.3) is 0 Å². The minimum atomic E-state index is 0.00870. The molecule has 1 saturated carbocycles. The molecular formula is C20H30N2O3. The van der Waals surface area contributed by atoms with E-state index in [9.17, 15) is 9.59 Å². The number of amides is 2. The Labute approximate surface area is 150 Å². The second-order valence-electron chi connectivity index (χ2n) is 6.72. The topological polar surface area (TPSA) is 67.4 Å². The number of para-hydroxylation sites is 1. The lowest BCUT2D eigenvalue weighted by Gasteiger charge is -2.27. The van der Waals surface area contributed by atoms with Crippen LogP contribution in [0.2, 0.25) is 0 Å². The Kier molecular flexibility index (Phi) is 7.76. The third-order valence-electron chi connectivity index (χ3n) is 4.94. The lowest BCUT2D eigenvalue weighted by Crippen LogP contribution is -2.37. The van der Waals surface area contributed by atoms with Gasteiger partial charge in [-0.25, -0.2) is 0 Å². The highest BCUT2D eigenvalue weighted by atomic mass is 16.5. The number of benzene rings is 1. The summed E-state index contributed by atoms with van der Waals surface area (Å²) in [5, 5.41) is 6.01. The van der Waals surface area contributed by atoms with Gasteiger partial charge in [-0.2, -0.15) is 0 Å². The van der Waals surface area contributed by atoms with E-state index in [1.807, 2.05) is 24.3 Å². The average Bonchev–Trinajstić information content (AvgIpc) is 2.66. The standard InChI is InChI=1S/C20H30N2O3/c1-3-4-13-21-19(23)15-9-11-16(12-10-15)20(24)22-14-17-7-5-6-8-18(17)25-2/h5-8,15-16H,3-4,9-14H2,1-2H3,(H,21,23)(H,22,24). The largest absolute Gasteiger partial charge is 0.496 e. The van der Waals surface area contributed by atoms with Gasteiger partial charge in [-0.05, 0) is 38.2 Å². The zero-order valence-electron chi connectivity index (χ0n) is 15.3. The zero-order valence-corrected chi connectivity index (χ0v) is 15.3. The molecule has 0 spiro atoms. The van der Waals surface area contributed by atoms with E-state index in [-0.39, 0.29) is 23.7 Å². The summed E-state index contributed by atoms with van der Waals surface area (Å²) in [6.45, 7) is 3.34. The molecule has 5 heteroatoms. The van der Waals surface area contributed by atoms with E-state index in [2.05, 4.69) is 17.6 Å². The predicted molar refractivity (Wildman–Crippen MR) is 98.2 cm³/mol. The van der Waals surface area contributed by atoms with Crippen LogP contribution in [0.15, 0.2) is 24.3 Å². The molecule has 138 valence electrons. The number of nitrogens with one attached hydrogen (secondary N) is 2. The Hall–Kier alpha value is -2.04. The molecule has 0 radical (unpaired) electrons. The monoisotopic (exact) mass is 346 g/mol. The van der Waals surface area contributed by atoms with Crippen molar-refractivity contribution in [3.63, 3.8) is 0 Å². The molecule has 2 amide bonds. The number of hydrogen-bond acceptors (Lipinski definition) is 3. The van der Waals surface area contributed by atoms with Crippen LogP contribution in [0.3, 0.4) is 0 Å². The van der Waals surface area contributed by atoms with Crippen molar-refractivity contribution in [2.24, 2.45) is 11.8 Å². The third-order valence-corrected chi connectivity index (χ3v) is 4.94. The number of hydrogen-bond donors (Lipinski definition) is 2. The summed E-state index contributed by atoms with van der Waals surface area (Å²) in [4.78, 5) is 24.5. The van der Waals surface area contributed by atoms with Crippen LogP contribution in [0, 0.1) is 11.8 Å². The molecule has 0 heterocycles. The molecule has 1 aliphatic carbocycles. The van der Waals surface area contributed by atoms with Crippen LogP contribution in [-0.2, 0) is 16.1 Å². The van der Waals surface area contributed by atoms with Crippen molar-refractivity contribution in [2.75, 3.05) is 13.7 Å². The molecule has 25 heavy (non-hydrogen) atoms. The highest BCUT2D eigenvalue weighted by molar-refractivity contribution is 5.81. The molecule has 5 nitrogen and oxygen atoms in total. The van der Waals surface area contributed by atoms with Crippen LogP contribution in [0.4, 0.5) is 0 Å². The molecule has 2 N–H and O–H groups in total. The number of ether oxygens (including phenoxy) is 1. The van der Waals surface area contributed by atoms with Crippen molar-refractivity contribution in [1.29, 1.82) is 0 Å². The maximum absolute atomic E-state index is 12.4. The van der Waals surface area contributed by atoms with E-state index in [0.29, 0.717) is 6.54 Å². The van der Waals surface area contributed by atoms with Gasteiger partial charge in [0.2, 0.25) is 11.8 Å².